The summed E-state index contributed by atoms with van der Waals surface area (Å²) in [7, 11) is 1.75. The molecule has 8 nitrogen and oxygen atoms in total. The first-order valence-corrected chi connectivity index (χ1v) is 11.4. The highest BCUT2D eigenvalue weighted by atomic mass is 19.2. The van der Waals surface area contributed by atoms with Crippen molar-refractivity contribution in [2.75, 3.05) is 17.7 Å². The summed E-state index contributed by atoms with van der Waals surface area (Å²) in [6.07, 6.45) is 3.33. The van der Waals surface area contributed by atoms with Crippen LogP contribution in [-0.4, -0.2) is 32.0 Å². The summed E-state index contributed by atoms with van der Waals surface area (Å²) in [6.45, 7) is 0. The van der Waals surface area contributed by atoms with Gasteiger partial charge >= 0.3 is 0 Å². The van der Waals surface area contributed by atoms with E-state index in [1.165, 1.54) is 0 Å². The number of ether oxygens (including phenoxy) is 1. The highest BCUT2D eigenvalue weighted by Crippen LogP contribution is 2.37. The molecule has 3 aromatic carbocycles. The topological polar surface area (TPSA) is 101 Å². The number of fused-ring (bicyclic) bond motifs is 2. The fourth-order valence-corrected chi connectivity index (χ4v) is 4.06. The number of anilines is 3. The largest absolute Gasteiger partial charge is 0.438 e. The molecular weight excluding hydrogens is 476 g/mol. The van der Waals surface area contributed by atoms with Gasteiger partial charge in [0, 0.05) is 48.0 Å². The van der Waals surface area contributed by atoms with Crippen LogP contribution in [0.25, 0.3) is 33.1 Å². The quantitative estimate of drug-likeness (QED) is 0.245. The maximum absolute atomic E-state index is 13.6. The minimum Gasteiger partial charge on any atom is -0.438 e. The number of H-pyrrole nitrogens is 1. The molecule has 3 N–H and O–H groups in total. The van der Waals surface area contributed by atoms with Gasteiger partial charge in [0.25, 0.3) is 0 Å². The average Bonchev–Trinajstić information content (AvgIpc) is 3.31. The van der Waals surface area contributed by atoms with E-state index in [1.54, 1.807) is 25.5 Å². The number of aromatic amines is 1. The average molecular weight is 495 g/mol. The zero-order chi connectivity index (χ0) is 25.4. The van der Waals surface area contributed by atoms with Crippen LogP contribution in [0, 0.1) is 11.6 Å². The number of pyridine rings is 1. The monoisotopic (exact) mass is 495 g/mol. The molecule has 0 fully saturated rings. The lowest BCUT2D eigenvalue weighted by Crippen LogP contribution is -1.99. The van der Waals surface area contributed by atoms with E-state index in [-0.39, 0.29) is 0 Å². The number of imidazole rings is 1. The fraction of sp³-hybridized carbons (Fsp3) is 0.0370. The normalized spacial score (nSPS) is 11.1. The third-order valence-corrected chi connectivity index (χ3v) is 5.79. The van der Waals surface area contributed by atoms with E-state index >= 15 is 0 Å². The van der Waals surface area contributed by atoms with Crippen LogP contribution in [0.2, 0.25) is 0 Å². The zero-order valence-electron chi connectivity index (χ0n) is 19.5. The van der Waals surface area contributed by atoms with E-state index in [4.69, 9.17) is 4.74 Å². The molecule has 0 aliphatic rings. The second-order valence-electron chi connectivity index (χ2n) is 8.12. The third-order valence-electron chi connectivity index (χ3n) is 5.79. The Bertz CT molecular complexity index is 1730. The van der Waals surface area contributed by atoms with E-state index in [9.17, 15) is 8.78 Å². The van der Waals surface area contributed by atoms with Gasteiger partial charge in [-0.1, -0.05) is 24.3 Å². The molecule has 0 saturated heterocycles. The van der Waals surface area contributed by atoms with Crippen molar-refractivity contribution in [3.63, 3.8) is 0 Å². The fourth-order valence-electron chi connectivity index (χ4n) is 4.06. The standard InChI is InChI=1S/C27H19F2N7O/c1-30-26-32-12-10-21(33-26)17-7-4-11-31-25(17)37-24-9-8-20(15-5-2-3-6-16(15)24)34-27-35-22-13-18(28)19(29)14-23(22)36-27/h2-14H,1H3,(H,30,32,33)(H2,34,35,36). The SMILES string of the molecule is CNc1nccc(-c2cccnc2Oc2ccc(Nc3nc4cc(F)c(F)cc4[nH]3)c3ccccc23)n1. The van der Waals surface area contributed by atoms with E-state index < -0.39 is 11.6 Å². The van der Waals surface area contributed by atoms with Gasteiger partial charge < -0.3 is 20.4 Å². The Kier molecular flexibility index (Phi) is 5.53. The number of hydrogen-bond acceptors (Lipinski definition) is 7. The van der Waals surface area contributed by atoms with Gasteiger partial charge in [-0.25, -0.2) is 28.7 Å². The Labute approximate surface area is 209 Å². The van der Waals surface area contributed by atoms with Crippen molar-refractivity contribution < 1.29 is 13.5 Å². The smallest absolute Gasteiger partial charge is 0.228 e. The highest BCUT2D eigenvalue weighted by Gasteiger charge is 2.15. The molecule has 0 bridgehead atoms. The summed E-state index contributed by atoms with van der Waals surface area (Å²) >= 11 is 0. The van der Waals surface area contributed by atoms with Crippen molar-refractivity contribution in [2.45, 2.75) is 0 Å². The minimum absolute atomic E-state index is 0.319. The molecule has 0 spiro atoms. The van der Waals surface area contributed by atoms with Gasteiger partial charge in [0.1, 0.15) is 5.75 Å². The maximum atomic E-state index is 13.6. The van der Waals surface area contributed by atoms with Gasteiger partial charge in [0.2, 0.25) is 17.8 Å². The van der Waals surface area contributed by atoms with E-state index in [0.29, 0.717) is 40.3 Å². The van der Waals surface area contributed by atoms with Gasteiger partial charge in [0.05, 0.1) is 22.3 Å². The predicted molar refractivity (Wildman–Crippen MR) is 138 cm³/mol. The number of nitrogens with zero attached hydrogens (tertiary/aromatic N) is 4. The summed E-state index contributed by atoms with van der Waals surface area (Å²) in [6, 6.07) is 19.0. The first-order valence-electron chi connectivity index (χ1n) is 11.4. The van der Waals surface area contributed by atoms with Gasteiger partial charge in [-0.15, -0.1) is 0 Å². The van der Waals surface area contributed by atoms with Crippen molar-refractivity contribution >= 4 is 39.4 Å². The summed E-state index contributed by atoms with van der Waals surface area (Å²) in [5.74, 6) is -0.0457. The Hall–Kier alpha value is -5.12. The van der Waals surface area contributed by atoms with Crippen molar-refractivity contribution in [1.29, 1.82) is 0 Å². The molecule has 3 heterocycles. The van der Waals surface area contributed by atoms with E-state index in [2.05, 4.69) is 35.6 Å². The second kappa shape index (κ2) is 9.15. The van der Waals surface area contributed by atoms with Gasteiger partial charge in [-0.05, 0) is 30.3 Å². The molecule has 3 aromatic heterocycles. The Morgan fingerprint density at radius 3 is 2.54 bits per heavy atom. The number of hydrogen-bond donors (Lipinski definition) is 3. The van der Waals surface area contributed by atoms with Gasteiger partial charge in [-0.2, -0.15) is 0 Å². The first kappa shape index (κ1) is 22.4. The summed E-state index contributed by atoms with van der Waals surface area (Å²) in [4.78, 5) is 20.4. The van der Waals surface area contributed by atoms with Crippen LogP contribution in [0.15, 0.2) is 79.1 Å². The van der Waals surface area contributed by atoms with Crippen LogP contribution in [0.3, 0.4) is 0 Å². The molecule has 0 unspecified atom stereocenters. The lowest BCUT2D eigenvalue weighted by atomic mass is 10.1. The lowest BCUT2D eigenvalue weighted by Gasteiger charge is -2.14. The maximum Gasteiger partial charge on any atom is 0.228 e. The Morgan fingerprint density at radius 2 is 1.68 bits per heavy atom. The van der Waals surface area contributed by atoms with Crippen LogP contribution < -0.4 is 15.4 Å². The highest BCUT2D eigenvalue weighted by molar-refractivity contribution is 5.99. The van der Waals surface area contributed by atoms with Crippen LogP contribution in [-0.2, 0) is 0 Å². The number of rotatable bonds is 6. The summed E-state index contributed by atoms with van der Waals surface area (Å²) < 4.78 is 33.5. The Balaban J connectivity index is 1.37. The van der Waals surface area contributed by atoms with Crippen LogP contribution >= 0.6 is 0 Å². The molecule has 0 amide bonds. The molecule has 37 heavy (non-hydrogen) atoms. The van der Waals surface area contributed by atoms with E-state index in [1.807, 2.05) is 48.5 Å². The zero-order valence-corrected chi connectivity index (χ0v) is 19.5. The van der Waals surface area contributed by atoms with Crippen molar-refractivity contribution in [2.24, 2.45) is 0 Å². The van der Waals surface area contributed by atoms with Gasteiger partial charge in [0.15, 0.2) is 11.6 Å². The molecule has 0 radical (unpaired) electrons. The van der Waals surface area contributed by atoms with Crippen molar-refractivity contribution in [3.05, 3.63) is 90.8 Å². The molecule has 6 rings (SSSR count). The van der Waals surface area contributed by atoms with Crippen molar-refractivity contribution in [3.8, 4) is 22.9 Å². The predicted octanol–water partition coefficient (Wildman–Crippen LogP) is 6.42. The lowest BCUT2D eigenvalue weighted by molar-refractivity contribution is 0.470. The van der Waals surface area contributed by atoms with Crippen LogP contribution in [0.5, 0.6) is 11.6 Å². The third kappa shape index (κ3) is 4.25. The second-order valence-corrected chi connectivity index (χ2v) is 8.12. The summed E-state index contributed by atoms with van der Waals surface area (Å²) in [5, 5.41) is 7.83. The minimum atomic E-state index is -0.949. The first-order chi connectivity index (χ1) is 18.1. The molecule has 0 atom stereocenters. The summed E-state index contributed by atoms with van der Waals surface area (Å²) in [5.41, 5.74) is 2.83. The van der Waals surface area contributed by atoms with Crippen molar-refractivity contribution in [1.82, 2.24) is 24.9 Å². The molecule has 0 aliphatic heterocycles. The molecule has 0 saturated carbocycles. The van der Waals surface area contributed by atoms with Gasteiger partial charge in [-0.3, -0.25) is 0 Å². The number of aromatic nitrogens is 5. The molecular formula is C27H19F2N7O. The van der Waals surface area contributed by atoms with Crippen LogP contribution in [0.1, 0.15) is 0 Å². The number of nitrogens with one attached hydrogen (secondary N) is 3. The Morgan fingerprint density at radius 1 is 0.838 bits per heavy atom. The number of halogens is 2. The molecule has 6 aromatic rings. The van der Waals surface area contributed by atoms with E-state index in [0.717, 1.165) is 34.2 Å². The van der Waals surface area contributed by atoms with Crippen LogP contribution in [0.4, 0.5) is 26.4 Å². The molecule has 10 heteroatoms. The number of benzene rings is 3. The molecule has 0 aliphatic carbocycles. The molecule has 182 valence electrons.